The van der Waals surface area contributed by atoms with Gasteiger partial charge in [-0.1, -0.05) is 0 Å². The molecule has 1 unspecified atom stereocenters. The highest BCUT2D eigenvalue weighted by molar-refractivity contribution is 5.68. The SMILES string of the molecule is CN(C(=O)OC(C)(C)C)C1COCCN1. The maximum Gasteiger partial charge on any atom is 0.411 e. The average molecular weight is 216 g/mol. The lowest BCUT2D eigenvalue weighted by molar-refractivity contribution is -0.0118. The summed E-state index contributed by atoms with van der Waals surface area (Å²) in [5, 5.41) is 3.19. The van der Waals surface area contributed by atoms with Crippen LogP contribution < -0.4 is 5.32 Å². The number of carbonyl (C=O) groups excluding carboxylic acids is 1. The van der Waals surface area contributed by atoms with Gasteiger partial charge in [-0.2, -0.15) is 0 Å². The molecule has 0 aliphatic carbocycles. The summed E-state index contributed by atoms with van der Waals surface area (Å²) in [7, 11) is 1.71. The van der Waals surface area contributed by atoms with Crippen LogP contribution in [0, 0.1) is 0 Å². The van der Waals surface area contributed by atoms with Crippen molar-refractivity contribution in [3.05, 3.63) is 0 Å². The number of ether oxygens (including phenoxy) is 2. The highest BCUT2D eigenvalue weighted by Crippen LogP contribution is 2.10. The van der Waals surface area contributed by atoms with Crippen molar-refractivity contribution in [2.75, 3.05) is 26.8 Å². The number of hydrogen-bond acceptors (Lipinski definition) is 4. The van der Waals surface area contributed by atoms with Gasteiger partial charge in [0.1, 0.15) is 11.8 Å². The van der Waals surface area contributed by atoms with Crippen molar-refractivity contribution in [2.45, 2.75) is 32.5 Å². The molecule has 0 aromatic rings. The summed E-state index contributed by atoms with van der Waals surface area (Å²) in [5.41, 5.74) is -0.457. The van der Waals surface area contributed by atoms with Gasteiger partial charge in [0.15, 0.2) is 0 Å². The molecule has 0 radical (unpaired) electrons. The van der Waals surface area contributed by atoms with E-state index in [-0.39, 0.29) is 12.3 Å². The fourth-order valence-corrected chi connectivity index (χ4v) is 1.26. The predicted molar refractivity (Wildman–Crippen MR) is 56.6 cm³/mol. The predicted octanol–water partition coefficient (Wildman–Crippen LogP) is 0.799. The summed E-state index contributed by atoms with van der Waals surface area (Å²) in [6, 6.07) is 0. The van der Waals surface area contributed by atoms with Crippen LogP contribution in [0.15, 0.2) is 0 Å². The summed E-state index contributed by atoms with van der Waals surface area (Å²) in [4.78, 5) is 13.2. The van der Waals surface area contributed by atoms with Crippen molar-refractivity contribution in [3.8, 4) is 0 Å². The molecule has 0 aromatic carbocycles. The molecule has 1 rings (SSSR count). The van der Waals surface area contributed by atoms with E-state index in [1.165, 1.54) is 4.90 Å². The lowest BCUT2D eigenvalue weighted by Gasteiger charge is -2.33. The van der Waals surface area contributed by atoms with E-state index in [0.29, 0.717) is 13.2 Å². The van der Waals surface area contributed by atoms with E-state index in [4.69, 9.17) is 9.47 Å². The second kappa shape index (κ2) is 4.81. The van der Waals surface area contributed by atoms with Crippen molar-refractivity contribution in [1.29, 1.82) is 0 Å². The first kappa shape index (κ1) is 12.3. The first-order valence-electron chi connectivity index (χ1n) is 5.17. The van der Waals surface area contributed by atoms with Gasteiger partial charge in [0.2, 0.25) is 0 Å². The van der Waals surface area contributed by atoms with E-state index < -0.39 is 5.60 Å². The minimum atomic E-state index is -0.457. The maximum absolute atomic E-state index is 11.7. The molecule has 0 saturated carbocycles. The number of morpholine rings is 1. The number of carbonyl (C=O) groups is 1. The Morgan fingerprint density at radius 1 is 1.53 bits per heavy atom. The molecule has 1 fully saturated rings. The van der Waals surface area contributed by atoms with E-state index in [0.717, 1.165) is 6.54 Å². The molecule has 1 atom stereocenters. The largest absolute Gasteiger partial charge is 0.444 e. The first-order valence-corrected chi connectivity index (χ1v) is 5.17. The molecule has 1 aliphatic heterocycles. The number of likely N-dealkylation sites (N-methyl/N-ethyl adjacent to an activating group) is 1. The molecule has 15 heavy (non-hydrogen) atoms. The van der Waals surface area contributed by atoms with Gasteiger partial charge in [0, 0.05) is 13.6 Å². The van der Waals surface area contributed by atoms with Crippen LogP contribution in [0.2, 0.25) is 0 Å². The van der Waals surface area contributed by atoms with Crippen LogP contribution in [0.3, 0.4) is 0 Å². The molecular weight excluding hydrogens is 196 g/mol. The maximum atomic E-state index is 11.7. The van der Waals surface area contributed by atoms with Crippen LogP contribution >= 0.6 is 0 Å². The summed E-state index contributed by atoms with van der Waals surface area (Å²) in [5.74, 6) is 0. The highest BCUT2D eigenvalue weighted by atomic mass is 16.6. The van der Waals surface area contributed by atoms with Gasteiger partial charge in [-0.05, 0) is 20.8 Å². The van der Waals surface area contributed by atoms with Crippen LogP contribution in [0.4, 0.5) is 4.79 Å². The van der Waals surface area contributed by atoms with Crippen molar-refractivity contribution < 1.29 is 14.3 Å². The van der Waals surface area contributed by atoms with Gasteiger partial charge in [-0.15, -0.1) is 0 Å². The quantitative estimate of drug-likeness (QED) is 0.704. The topological polar surface area (TPSA) is 50.8 Å². The molecule has 1 N–H and O–H groups in total. The van der Waals surface area contributed by atoms with Crippen molar-refractivity contribution in [1.82, 2.24) is 10.2 Å². The third-order valence-electron chi connectivity index (χ3n) is 2.05. The molecule has 0 spiro atoms. The number of nitrogens with one attached hydrogen (secondary N) is 1. The van der Waals surface area contributed by atoms with Crippen LogP contribution in [0.25, 0.3) is 0 Å². The van der Waals surface area contributed by atoms with Gasteiger partial charge >= 0.3 is 6.09 Å². The standard InChI is InChI=1S/C10H20N2O3/c1-10(2,3)15-9(13)12(4)8-7-14-6-5-11-8/h8,11H,5-7H2,1-4H3. The monoisotopic (exact) mass is 216 g/mol. The number of nitrogens with zero attached hydrogens (tertiary/aromatic N) is 1. The molecule has 88 valence electrons. The molecule has 1 heterocycles. The highest BCUT2D eigenvalue weighted by Gasteiger charge is 2.26. The molecular formula is C10H20N2O3. The smallest absolute Gasteiger partial charge is 0.411 e. The Balaban J connectivity index is 2.44. The van der Waals surface area contributed by atoms with E-state index in [1.54, 1.807) is 7.05 Å². The Morgan fingerprint density at radius 2 is 2.20 bits per heavy atom. The summed E-state index contributed by atoms with van der Waals surface area (Å²) in [6.07, 6.45) is -0.418. The molecule has 5 heteroatoms. The molecule has 0 aromatic heterocycles. The first-order chi connectivity index (χ1) is 6.90. The number of hydrogen-bond donors (Lipinski definition) is 1. The number of amides is 1. The van der Waals surface area contributed by atoms with Gasteiger partial charge in [-0.25, -0.2) is 4.79 Å². The zero-order valence-corrected chi connectivity index (χ0v) is 9.87. The lowest BCUT2D eigenvalue weighted by Crippen LogP contribution is -2.54. The molecule has 0 bridgehead atoms. The van der Waals surface area contributed by atoms with Crippen molar-refractivity contribution in [3.63, 3.8) is 0 Å². The fourth-order valence-electron chi connectivity index (χ4n) is 1.26. The molecule has 1 saturated heterocycles. The summed E-state index contributed by atoms with van der Waals surface area (Å²) >= 11 is 0. The van der Waals surface area contributed by atoms with E-state index >= 15 is 0 Å². The Morgan fingerprint density at radius 3 is 2.67 bits per heavy atom. The fraction of sp³-hybridized carbons (Fsp3) is 0.900. The second-order valence-corrected chi connectivity index (χ2v) is 4.64. The zero-order valence-electron chi connectivity index (χ0n) is 9.87. The number of rotatable bonds is 1. The second-order valence-electron chi connectivity index (χ2n) is 4.64. The van der Waals surface area contributed by atoms with Crippen molar-refractivity contribution >= 4 is 6.09 Å². The van der Waals surface area contributed by atoms with Gasteiger partial charge in [0.25, 0.3) is 0 Å². The van der Waals surface area contributed by atoms with Gasteiger partial charge in [-0.3, -0.25) is 10.2 Å². The minimum Gasteiger partial charge on any atom is -0.444 e. The zero-order chi connectivity index (χ0) is 11.5. The van der Waals surface area contributed by atoms with Crippen molar-refractivity contribution in [2.24, 2.45) is 0 Å². The van der Waals surface area contributed by atoms with Crippen LogP contribution in [0.5, 0.6) is 0 Å². The van der Waals surface area contributed by atoms with Crippen LogP contribution in [0.1, 0.15) is 20.8 Å². The Hall–Kier alpha value is -0.810. The third kappa shape index (κ3) is 4.05. The van der Waals surface area contributed by atoms with Crippen LogP contribution in [-0.4, -0.2) is 49.6 Å². The van der Waals surface area contributed by atoms with E-state index in [1.807, 2.05) is 20.8 Å². The van der Waals surface area contributed by atoms with E-state index in [2.05, 4.69) is 5.32 Å². The van der Waals surface area contributed by atoms with E-state index in [9.17, 15) is 4.79 Å². The average Bonchev–Trinajstić information content (AvgIpc) is 2.15. The molecule has 1 aliphatic rings. The molecule has 5 nitrogen and oxygen atoms in total. The van der Waals surface area contributed by atoms with Gasteiger partial charge < -0.3 is 9.47 Å². The Labute approximate surface area is 90.7 Å². The minimum absolute atomic E-state index is 0.0893. The third-order valence-corrected chi connectivity index (χ3v) is 2.05. The summed E-state index contributed by atoms with van der Waals surface area (Å²) < 4.78 is 10.5. The lowest BCUT2D eigenvalue weighted by atomic mass is 10.2. The van der Waals surface area contributed by atoms with Crippen LogP contribution in [-0.2, 0) is 9.47 Å². The normalized spacial score (nSPS) is 22.3. The van der Waals surface area contributed by atoms with Gasteiger partial charge in [0.05, 0.1) is 13.2 Å². The Kier molecular flexibility index (Phi) is 3.93. The summed E-state index contributed by atoms with van der Waals surface area (Å²) in [6.45, 7) is 7.52. The Bertz CT molecular complexity index is 219. The molecule has 1 amide bonds.